The van der Waals surface area contributed by atoms with Crippen LogP contribution in [0, 0.1) is 5.41 Å². The van der Waals surface area contributed by atoms with Gasteiger partial charge in [-0.3, -0.25) is 0 Å². The molecule has 2 atom stereocenters. The maximum Gasteiger partial charge on any atom is 0.196 e. The van der Waals surface area contributed by atoms with Crippen molar-refractivity contribution in [1.82, 2.24) is 0 Å². The molecule has 1 nitrogen and oxygen atoms in total. The summed E-state index contributed by atoms with van der Waals surface area (Å²) in [6.45, 7) is 47.1. The molecule has 2 unspecified atom stereocenters. The Bertz CT molecular complexity index is 655. The second-order valence-electron chi connectivity index (χ2n) is 15.6. The molecule has 1 aliphatic heterocycles. The van der Waals surface area contributed by atoms with Gasteiger partial charge in [-0.05, 0) is 25.1 Å². The highest BCUT2D eigenvalue weighted by molar-refractivity contribution is 7.51. The molecule has 1 heterocycles. The summed E-state index contributed by atoms with van der Waals surface area (Å²) < 4.78 is 8.19. The molecule has 0 fully saturated rings. The molecule has 7 heteroatoms. The minimum absolute atomic E-state index is 0.266. The highest BCUT2D eigenvalue weighted by Crippen LogP contribution is 2.76. The first-order chi connectivity index (χ1) is 12.2. The summed E-state index contributed by atoms with van der Waals surface area (Å²) in [5, 5.41) is 2.00. The Balaban J connectivity index is 4.49. The molecule has 0 bridgehead atoms. The highest BCUT2D eigenvalue weighted by atomic mass is 29.3. The van der Waals surface area contributed by atoms with Crippen LogP contribution in [0.15, 0.2) is 10.0 Å². The molecule has 0 amide bonds. The van der Waals surface area contributed by atoms with Gasteiger partial charge >= 0.3 is 0 Å². The molecule has 0 aromatic carbocycles. The third kappa shape index (κ3) is 4.19. The van der Waals surface area contributed by atoms with Crippen LogP contribution in [0.4, 0.5) is 0 Å². The summed E-state index contributed by atoms with van der Waals surface area (Å²) >= 11 is 0. The first-order valence-corrected chi connectivity index (χ1v) is 32.0. The fourth-order valence-corrected chi connectivity index (χ4v) is 69.6. The Morgan fingerprint density at radius 2 is 1.03 bits per heavy atom. The van der Waals surface area contributed by atoms with E-state index in [1.54, 1.807) is 0 Å². The van der Waals surface area contributed by atoms with Crippen molar-refractivity contribution in [2.45, 2.75) is 124 Å². The Hall–Kier alpha value is 1.00. The zero-order valence-electron chi connectivity index (χ0n) is 23.4. The largest absolute Gasteiger partial charge is 0.454 e. The van der Waals surface area contributed by atoms with Crippen molar-refractivity contribution in [2.75, 3.05) is 0 Å². The maximum atomic E-state index is 7.83. The molecule has 0 radical (unpaired) electrons. The van der Waals surface area contributed by atoms with E-state index in [4.69, 9.17) is 4.12 Å². The first-order valence-electron chi connectivity index (χ1n) is 11.7. The smallest absolute Gasteiger partial charge is 0.196 e. The van der Waals surface area contributed by atoms with Crippen molar-refractivity contribution >= 4 is 48.0 Å². The summed E-state index contributed by atoms with van der Waals surface area (Å²) in [5.41, 5.74) is 0.266. The van der Waals surface area contributed by atoms with E-state index < -0.39 is 48.0 Å². The first kappa shape index (κ1) is 28.0. The predicted octanol–water partition coefficient (Wildman–Crippen LogP) is 8.47. The molecule has 0 aliphatic carbocycles. The molecule has 0 saturated heterocycles. The van der Waals surface area contributed by atoms with Crippen LogP contribution in [-0.4, -0.2) is 48.0 Å². The van der Waals surface area contributed by atoms with Gasteiger partial charge in [-0.2, -0.15) is 0 Å². The molecule has 0 N–H and O–H groups in total. The second kappa shape index (κ2) is 7.25. The van der Waals surface area contributed by atoms with Gasteiger partial charge in [0.2, 0.25) is 0 Å². The van der Waals surface area contributed by atoms with E-state index in [-0.39, 0.29) is 5.41 Å². The molecule has 1 aliphatic rings. The lowest BCUT2D eigenvalue weighted by Gasteiger charge is -2.77. The van der Waals surface area contributed by atoms with E-state index in [1.165, 1.54) is 0 Å². The average Bonchev–Trinajstić information content (AvgIpc) is 2.23. The van der Waals surface area contributed by atoms with Crippen molar-refractivity contribution < 1.29 is 4.12 Å². The van der Waals surface area contributed by atoms with Crippen LogP contribution < -0.4 is 0 Å². The van der Waals surface area contributed by atoms with Gasteiger partial charge in [0.05, 0.1) is 31.8 Å². The lowest BCUT2D eigenvalue weighted by atomic mass is 9.89. The number of hydrogen-bond acceptors (Lipinski definition) is 1. The zero-order valence-corrected chi connectivity index (χ0v) is 29.4. The molecule has 0 aromatic heterocycles. The van der Waals surface area contributed by atoms with Crippen LogP contribution in [0.5, 0.6) is 0 Å². The SMILES string of the molecule is CC(C)(C)C1([Si](C)(C)C)C([Si](C)(C)C)=C([Si](C)(C)C)[Si]1(O[Si](C)(C)C)[Si](C)(C)C. The normalized spacial score (nSPS) is 27.9. The van der Waals surface area contributed by atoms with Crippen molar-refractivity contribution in [3.05, 3.63) is 10.0 Å². The molecule has 0 saturated carbocycles. The van der Waals surface area contributed by atoms with Crippen LogP contribution in [0.1, 0.15) is 20.8 Å². The fourth-order valence-electron chi connectivity index (χ4n) is 7.11. The topological polar surface area (TPSA) is 9.23 Å². The van der Waals surface area contributed by atoms with Gasteiger partial charge in [0, 0.05) is 4.66 Å². The summed E-state index contributed by atoms with van der Waals surface area (Å²) in [7, 11) is -10.0. The summed E-state index contributed by atoms with van der Waals surface area (Å²) in [6.07, 6.45) is 0. The van der Waals surface area contributed by atoms with E-state index in [1.807, 2.05) is 10.0 Å². The lowest BCUT2D eigenvalue weighted by molar-refractivity contribution is 0.325. The number of allylic oxidation sites excluding steroid dienone is 1. The van der Waals surface area contributed by atoms with Gasteiger partial charge in [-0.15, -0.1) is 0 Å². The Morgan fingerprint density at radius 1 is 0.655 bits per heavy atom. The lowest BCUT2D eigenvalue weighted by Crippen LogP contribution is -2.87. The molecular formula is C22H54OSi6. The van der Waals surface area contributed by atoms with Gasteiger partial charge in [0.1, 0.15) is 0 Å². The minimum Gasteiger partial charge on any atom is -0.454 e. The molecular weight excluding hydrogens is 449 g/mol. The van der Waals surface area contributed by atoms with Crippen LogP contribution in [0.25, 0.3) is 0 Å². The van der Waals surface area contributed by atoms with Crippen LogP contribution in [0.2, 0.25) is 103 Å². The van der Waals surface area contributed by atoms with E-state index in [0.29, 0.717) is 4.66 Å². The van der Waals surface area contributed by atoms with Crippen molar-refractivity contribution in [2.24, 2.45) is 5.41 Å². The Morgan fingerprint density at radius 3 is 1.21 bits per heavy atom. The summed E-state index contributed by atoms with van der Waals surface area (Å²) in [4.78, 5) is 2.00. The number of rotatable bonds is 6. The van der Waals surface area contributed by atoms with Gasteiger partial charge in [-0.25, -0.2) is 0 Å². The van der Waals surface area contributed by atoms with Gasteiger partial charge < -0.3 is 4.12 Å². The molecule has 29 heavy (non-hydrogen) atoms. The van der Waals surface area contributed by atoms with E-state index >= 15 is 0 Å². The zero-order chi connectivity index (χ0) is 23.9. The third-order valence-corrected chi connectivity index (χ3v) is 40.9. The van der Waals surface area contributed by atoms with Crippen molar-refractivity contribution in [3.8, 4) is 0 Å². The van der Waals surface area contributed by atoms with Crippen LogP contribution >= 0.6 is 0 Å². The highest BCUT2D eigenvalue weighted by Gasteiger charge is 2.81. The monoisotopic (exact) mass is 502 g/mol. The molecule has 1 rings (SSSR count). The standard InChI is InChI=1S/C22H54OSi6/c1-21(2,3)22(26(10,11)12)19(24(4,5)6)20(25(7,8)9)29(22,28(16,17)18)23-27(13,14)15/h1-18H3. The van der Waals surface area contributed by atoms with Crippen LogP contribution in [-0.2, 0) is 4.12 Å². The van der Waals surface area contributed by atoms with Crippen molar-refractivity contribution in [3.63, 3.8) is 0 Å². The quantitative estimate of drug-likeness (QED) is 0.331. The van der Waals surface area contributed by atoms with E-state index in [9.17, 15) is 0 Å². The van der Waals surface area contributed by atoms with Gasteiger partial charge in [0.15, 0.2) is 16.2 Å². The van der Waals surface area contributed by atoms with E-state index in [2.05, 4.69) is 119 Å². The van der Waals surface area contributed by atoms with Crippen molar-refractivity contribution in [1.29, 1.82) is 0 Å². The Kier molecular flexibility index (Phi) is 7.01. The van der Waals surface area contributed by atoms with Gasteiger partial charge in [-0.1, -0.05) is 109 Å². The third-order valence-electron chi connectivity index (χ3n) is 6.77. The summed E-state index contributed by atoms with van der Waals surface area (Å²) in [6, 6.07) is 0. The maximum absolute atomic E-state index is 7.83. The molecule has 0 spiro atoms. The fraction of sp³-hybridized carbons (Fsp3) is 0.909. The minimum atomic E-state index is -2.13. The van der Waals surface area contributed by atoms with Gasteiger partial charge in [0.25, 0.3) is 0 Å². The number of hydrogen-bond donors (Lipinski definition) is 0. The molecule has 172 valence electrons. The van der Waals surface area contributed by atoms with E-state index in [0.717, 1.165) is 0 Å². The molecule has 0 aromatic rings. The average molecular weight is 503 g/mol. The predicted molar refractivity (Wildman–Crippen MR) is 153 cm³/mol. The Labute approximate surface area is 190 Å². The van der Waals surface area contributed by atoms with Crippen LogP contribution in [0.3, 0.4) is 0 Å². The summed E-state index contributed by atoms with van der Waals surface area (Å²) in [5.74, 6) is 0. The second-order valence-corrected chi connectivity index (χ2v) is 50.7.